The van der Waals surface area contributed by atoms with Crippen LogP contribution in [0.3, 0.4) is 0 Å². The van der Waals surface area contributed by atoms with Gasteiger partial charge in [0.15, 0.2) is 10.9 Å². The molecule has 0 amide bonds. The second kappa shape index (κ2) is 9.93. The highest BCUT2D eigenvalue weighted by atomic mass is 32.2. The Hall–Kier alpha value is -3.01. The summed E-state index contributed by atoms with van der Waals surface area (Å²) in [5.41, 5.74) is 2.04. The van der Waals surface area contributed by atoms with Crippen molar-refractivity contribution < 1.29 is 13.9 Å². The van der Waals surface area contributed by atoms with Gasteiger partial charge in [-0.05, 0) is 74.5 Å². The largest absolute Gasteiger partial charge is 0.494 e. The van der Waals surface area contributed by atoms with Gasteiger partial charge >= 0.3 is 0 Å². The third-order valence-corrected chi connectivity index (χ3v) is 7.99. The highest BCUT2D eigenvalue weighted by molar-refractivity contribution is 7.99. The number of ketones is 1. The van der Waals surface area contributed by atoms with Gasteiger partial charge in [0.05, 0.1) is 23.4 Å². The predicted molar refractivity (Wildman–Crippen MR) is 138 cm³/mol. The first-order valence-electron chi connectivity index (χ1n) is 11.3. The van der Waals surface area contributed by atoms with Crippen LogP contribution in [0.25, 0.3) is 15.9 Å². The molecule has 1 aliphatic rings. The number of thioether (sulfide) groups is 1. The van der Waals surface area contributed by atoms with Crippen molar-refractivity contribution in [2.24, 2.45) is 0 Å². The van der Waals surface area contributed by atoms with E-state index in [0.717, 1.165) is 30.8 Å². The summed E-state index contributed by atoms with van der Waals surface area (Å²) in [7, 11) is 2.07. The van der Waals surface area contributed by atoms with E-state index >= 15 is 0 Å². The molecule has 0 unspecified atom stereocenters. The van der Waals surface area contributed by atoms with Crippen LogP contribution in [-0.4, -0.2) is 46.2 Å². The summed E-state index contributed by atoms with van der Waals surface area (Å²) < 4.78 is 20.4. The topological polar surface area (TPSA) is 64.4 Å². The molecule has 0 radical (unpaired) electrons. The van der Waals surface area contributed by atoms with Gasteiger partial charge in [-0.1, -0.05) is 11.8 Å². The third kappa shape index (κ3) is 4.76. The van der Waals surface area contributed by atoms with Gasteiger partial charge in [0, 0.05) is 23.5 Å². The molecular weight excluding hydrogens is 485 g/mol. The first kappa shape index (κ1) is 23.7. The van der Waals surface area contributed by atoms with Crippen molar-refractivity contribution in [3.63, 3.8) is 0 Å². The number of thiophene rings is 1. The zero-order valence-corrected chi connectivity index (χ0v) is 21.0. The number of hydrogen-bond donors (Lipinski definition) is 0. The van der Waals surface area contributed by atoms with Crippen LogP contribution in [0.15, 0.2) is 58.5 Å². The van der Waals surface area contributed by atoms with E-state index < -0.39 is 5.82 Å². The molecule has 0 saturated carbocycles. The van der Waals surface area contributed by atoms with Crippen LogP contribution >= 0.6 is 23.1 Å². The maximum absolute atomic E-state index is 13.9. The molecule has 35 heavy (non-hydrogen) atoms. The number of carbonyl (C=O) groups excluding carboxylic acids is 1. The van der Waals surface area contributed by atoms with Crippen LogP contribution in [0.2, 0.25) is 0 Å². The first-order chi connectivity index (χ1) is 16.9. The van der Waals surface area contributed by atoms with Gasteiger partial charge in [-0.15, -0.1) is 11.3 Å². The highest BCUT2D eigenvalue weighted by Crippen LogP contribution is 2.34. The van der Waals surface area contributed by atoms with Crippen LogP contribution in [0.5, 0.6) is 5.75 Å². The molecule has 3 heterocycles. The van der Waals surface area contributed by atoms with E-state index in [9.17, 15) is 14.0 Å². The normalized spacial score (nSPS) is 13.7. The van der Waals surface area contributed by atoms with Crippen LogP contribution in [0.1, 0.15) is 27.7 Å². The molecule has 6 nitrogen and oxygen atoms in total. The van der Waals surface area contributed by atoms with E-state index in [1.165, 1.54) is 40.9 Å². The molecule has 0 atom stereocenters. The summed E-state index contributed by atoms with van der Waals surface area (Å²) in [6.07, 6.45) is 0.807. The molecule has 180 valence electrons. The number of carbonyl (C=O) groups is 1. The minimum atomic E-state index is -0.391. The van der Waals surface area contributed by atoms with Crippen LogP contribution in [0.4, 0.5) is 4.39 Å². The number of ether oxygens (including phenoxy) is 1. The molecule has 4 aromatic rings. The molecule has 2 aromatic heterocycles. The second-order valence-electron chi connectivity index (χ2n) is 8.35. The van der Waals surface area contributed by atoms with Crippen molar-refractivity contribution in [3.8, 4) is 11.4 Å². The lowest BCUT2D eigenvalue weighted by Gasteiger charge is -2.21. The van der Waals surface area contributed by atoms with Crippen LogP contribution in [0, 0.1) is 5.82 Å². The minimum Gasteiger partial charge on any atom is -0.494 e. The number of aromatic nitrogens is 2. The van der Waals surface area contributed by atoms with E-state index in [-0.39, 0.29) is 17.1 Å². The van der Waals surface area contributed by atoms with Gasteiger partial charge in [0.1, 0.15) is 16.4 Å². The smallest absolute Gasteiger partial charge is 0.267 e. The van der Waals surface area contributed by atoms with E-state index in [0.29, 0.717) is 33.2 Å². The lowest BCUT2D eigenvalue weighted by Crippen LogP contribution is -2.27. The average Bonchev–Trinajstić information content (AvgIpc) is 3.21. The molecule has 0 bridgehead atoms. The Bertz CT molecular complexity index is 1450. The summed E-state index contributed by atoms with van der Waals surface area (Å²) in [4.78, 5) is 35.6. The molecule has 1 aliphatic heterocycles. The van der Waals surface area contributed by atoms with Gasteiger partial charge in [-0.3, -0.25) is 14.2 Å². The monoisotopic (exact) mass is 509 g/mol. The lowest BCUT2D eigenvalue weighted by atomic mass is 10.1. The molecule has 0 N–H and O–H groups in total. The SMILES string of the molecule is CCOc1ccc(-n2c(SCC(=O)c3ccc(F)cc3)nc3sc4c(c3c2=O)CCN(C)C4)cc1. The van der Waals surface area contributed by atoms with Crippen molar-refractivity contribution in [2.75, 3.05) is 26.0 Å². The van der Waals surface area contributed by atoms with E-state index in [2.05, 4.69) is 11.9 Å². The van der Waals surface area contributed by atoms with E-state index in [1.54, 1.807) is 15.9 Å². The van der Waals surface area contributed by atoms with Crippen LogP contribution < -0.4 is 10.3 Å². The van der Waals surface area contributed by atoms with E-state index in [4.69, 9.17) is 9.72 Å². The standard InChI is InChI=1S/C26H24FN3O3S2/c1-3-33-19-10-8-18(9-11-19)30-25(32)23-20-12-13-29(2)14-22(20)35-24(23)28-26(30)34-15-21(31)16-4-6-17(27)7-5-16/h4-11H,3,12-15H2,1-2H3. The Balaban J connectivity index is 1.58. The average molecular weight is 510 g/mol. The summed E-state index contributed by atoms with van der Waals surface area (Å²) in [6, 6.07) is 12.8. The summed E-state index contributed by atoms with van der Waals surface area (Å²) in [5, 5.41) is 1.12. The minimum absolute atomic E-state index is 0.0778. The van der Waals surface area contributed by atoms with Gasteiger partial charge < -0.3 is 9.64 Å². The molecule has 0 spiro atoms. The number of rotatable bonds is 7. The Kier molecular flexibility index (Phi) is 6.73. The maximum atomic E-state index is 13.9. The van der Waals surface area contributed by atoms with Crippen molar-refractivity contribution >= 4 is 39.1 Å². The molecular formula is C26H24FN3O3S2. The Labute approximate surface area is 210 Å². The summed E-state index contributed by atoms with van der Waals surface area (Å²) >= 11 is 2.76. The van der Waals surface area contributed by atoms with Crippen molar-refractivity contribution in [2.45, 2.75) is 25.0 Å². The third-order valence-electron chi connectivity index (χ3n) is 5.94. The number of halogens is 1. The molecule has 9 heteroatoms. The van der Waals surface area contributed by atoms with Gasteiger partial charge in [0.25, 0.3) is 5.56 Å². The van der Waals surface area contributed by atoms with Crippen molar-refractivity contribution in [1.82, 2.24) is 14.5 Å². The molecule has 5 rings (SSSR count). The zero-order valence-electron chi connectivity index (χ0n) is 19.4. The van der Waals surface area contributed by atoms with Gasteiger partial charge in [-0.2, -0.15) is 0 Å². The summed E-state index contributed by atoms with van der Waals surface area (Å²) in [5.74, 6) is 0.247. The number of fused-ring (bicyclic) bond motifs is 3. The highest BCUT2D eigenvalue weighted by Gasteiger charge is 2.25. The number of likely N-dealkylation sites (N-methyl/N-ethyl adjacent to an activating group) is 1. The van der Waals surface area contributed by atoms with Gasteiger partial charge in [-0.25, -0.2) is 9.37 Å². The lowest BCUT2D eigenvalue weighted by molar-refractivity contribution is 0.102. The number of benzene rings is 2. The Morgan fingerprint density at radius 1 is 1.17 bits per heavy atom. The summed E-state index contributed by atoms with van der Waals surface area (Å²) in [6.45, 7) is 4.16. The second-order valence-corrected chi connectivity index (χ2v) is 10.4. The van der Waals surface area contributed by atoms with Gasteiger partial charge in [0.2, 0.25) is 0 Å². The molecule has 0 saturated heterocycles. The van der Waals surface area contributed by atoms with Crippen molar-refractivity contribution in [3.05, 3.63) is 80.7 Å². The first-order valence-corrected chi connectivity index (χ1v) is 13.2. The zero-order chi connectivity index (χ0) is 24.5. The quantitative estimate of drug-likeness (QED) is 0.200. The van der Waals surface area contributed by atoms with Crippen LogP contribution in [-0.2, 0) is 13.0 Å². The predicted octanol–water partition coefficient (Wildman–Crippen LogP) is 4.95. The number of hydrogen-bond acceptors (Lipinski definition) is 7. The molecule has 0 aliphatic carbocycles. The number of Topliss-reactive ketones (excluding diaryl/α,β-unsaturated/α-hetero) is 1. The fourth-order valence-corrected chi connectivity index (χ4v) is 6.43. The fraction of sp³-hybridized carbons (Fsp3) is 0.269. The molecule has 0 fully saturated rings. The maximum Gasteiger partial charge on any atom is 0.267 e. The van der Waals surface area contributed by atoms with Crippen molar-refractivity contribution in [1.29, 1.82) is 0 Å². The Morgan fingerprint density at radius 3 is 2.63 bits per heavy atom. The Morgan fingerprint density at radius 2 is 1.91 bits per heavy atom. The molecule has 2 aromatic carbocycles. The number of nitrogens with zero attached hydrogens (tertiary/aromatic N) is 3. The van der Waals surface area contributed by atoms with E-state index in [1.807, 2.05) is 31.2 Å². The fourth-order valence-electron chi connectivity index (χ4n) is 4.18.